The largest absolute Gasteiger partial charge is 0.454 e. The van der Waals surface area contributed by atoms with Gasteiger partial charge >= 0.3 is 0 Å². The second-order valence-corrected chi connectivity index (χ2v) is 8.80. The number of ether oxygens (including phenoxy) is 1. The molecule has 0 fully saturated rings. The fourth-order valence-corrected chi connectivity index (χ4v) is 3.63. The molecule has 7 nitrogen and oxygen atoms in total. The highest BCUT2D eigenvalue weighted by Gasteiger charge is 2.15. The molecule has 1 N–H and O–H groups in total. The molecule has 0 aliphatic heterocycles. The normalized spacial score (nSPS) is 11.6. The SMILES string of the molecule is CCS(=O)(=O)Nc1ccc(Oc2ccc(F)cc2F)c(-c2ccc3nnc(C)n3c2)c1. The number of halogens is 2. The number of aryl methyl sites for hydroxylation is 1. The van der Waals surface area contributed by atoms with Gasteiger partial charge in [0.1, 0.15) is 17.4 Å². The van der Waals surface area contributed by atoms with Crippen LogP contribution in [0.3, 0.4) is 0 Å². The van der Waals surface area contributed by atoms with Gasteiger partial charge in [0.15, 0.2) is 17.2 Å². The molecule has 0 aliphatic rings. The molecular weight excluding hydrogens is 426 g/mol. The van der Waals surface area contributed by atoms with Crippen LogP contribution < -0.4 is 9.46 Å². The van der Waals surface area contributed by atoms with E-state index < -0.39 is 21.7 Å². The third kappa shape index (κ3) is 4.33. The third-order valence-electron chi connectivity index (χ3n) is 4.63. The van der Waals surface area contributed by atoms with E-state index in [4.69, 9.17) is 4.74 Å². The van der Waals surface area contributed by atoms with Gasteiger partial charge < -0.3 is 4.74 Å². The van der Waals surface area contributed by atoms with Crippen molar-refractivity contribution >= 4 is 21.4 Å². The summed E-state index contributed by atoms with van der Waals surface area (Å²) >= 11 is 0. The number of sulfonamides is 1. The molecule has 0 unspecified atom stereocenters. The zero-order valence-electron chi connectivity index (χ0n) is 16.6. The van der Waals surface area contributed by atoms with Crippen LogP contribution in [0.4, 0.5) is 14.5 Å². The van der Waals surface area contributed by atoms with Crippen molar-refractivity contribution in [3.63, 3.8) is 0 Å². The first-order chi connectivity index (χ1) is 14.8. The van der Waals surface area contributed by atoms with Crippen LogP contribution in [0.2, 0.25) is 0 Å². The van der Waals surface area contributed by atoms with Crippen molar-refractivity contribution in [1.82, 2.24) is 14.6 Å². The van der Waals surface area contributed by atoms with Gasteiger partial charge in [-0.1, -0.05) is 0 Å². The van der Waals surface area contributed by atoms with Crippen LogP contribution in [0.5, 0.6) is 11.5 Å². The number of hydrogen-bond acceptors (Lipinski definition) is 5. The van der Waals surface area contributed by atoms with Crippen molar-refractivity contribution in [2.75, 3.05) is 10.5 Å². The van der Waals surface area contributed by atoms with Crippen LogP contribution in [0, 0.1) is 18.6 Å². The molecule has 0 saturated carbocycles. The summed E-state index contributed by atoms with van der Waals surface area (Å²) in [5, 5.41) is 8.07. The van der Waals surface area contributed by atoms with Crippen molar-refractivity contribution in [3.8, 4) is 22.6 Å². The van der Waals surface area contributed by atoms with Crippen LogP contribution in [0.1, 0.15) is 12.7 Å². The van der Waals surface area contributed by atoms with Crippen molar-refractivity contribution in [2.24, 2.45) is 0 Å². The van der Waals surface area contributed by atoms with Crippen LogP contribution in [-0.4, -0.2) is 28.8 Å². The highest BCUT2D eigenvalue weighted by molar-refractivity contribution is 7.92. The lowest BCUT2D eigenvalue weighted by Crippen LogP contribution is -2.14. The first-order valence-electron chi connectivity index (χ1n) is 9.35. The molecule has 2 aromatic heterocycles. The molecule has 4 aromatic rings. The van der Waals surface area contributed by atoms with Gasteiger partial charge in [0.2, 0.25) is 10.0 Å². The Morgan fingerprint density at radius 3 is 2.55 bits per heavy atom. The molecule has 31 heavy (non-hydrogen) atoms. The second kappa shape index (κ2) is 7.95. The molecule has 2 heterocycles. The predicted molar refractivity (Wildman–Crippen MR) is 113 cm³/mol. The number of nitrogens with zero attached hydrogens (tertiary/aromatic N) is 3. The standard InChI is InChI=1S/C21H18F2N4O3S/c1-3-31(28,29)26-16-6-8-19(30-20-7-5-15(22)10-18(20)23)17(11-16)14-4-9-21-25-24-13(2)27(21)12-14/h4-12,26H,3H2,1-2H3. The van der Waals surface area contributed by atoms with Crippen LogP contribution in [0.25, 0.3) is 16.8 Å². The fourth-order valence-electron chi connectivity index (χ4n) is 3.00. The van der Waals surface area contributed by atoms with Gasteiger partial charge in [-0.15, -0.1) is 10.2 Å². The smallest absolute Gasteiger partial charge is 0.232 e. The number of aromatic nitrogens is 3. The highest BCUT2D eigenvalue weighted by atomic mass is 32.2. The van der Waals surface area contributed by atoms with E-state index in [0.717, 1.165) is 12.1 Å². The summed E-state index contributed by atoms with van der Waals surface area (Å²) in [6.45, 7) is 3.32. The average molecular weight is 444 g/mol. The number of anilines is 1. The molecule has 160 valence electrons. The highest BCUT2D eigenvalue weighted by Crippen LogP contribution is 2.37. The zero-order valence-corrected chi connectivity index (χ0v) is 17.5. The van der Waals surface area contributed by atoms with Crippen LogP contribution in [0.15, 0.2) is 54.7 Å². The molecule has 2 aromatic carbocycles. The maximum absolute atomic E-state index is 14.2. The number of nitrogens with one attached hydrogen (secondary N) is 1. The topological polar surface area (TPSA) is 85.6 Å². The van der Waals surface area contributed by atoms with E-state index >= 15 is 0 Å². The number of benzene rings is 2. The van der Waals surface area contributed by atoms with Gasteiger partial charge in [0.25, 0.3) is 0 Å². The van der Waals surface area contributed by atoms with Crippen molar-refractivity contribution in [2.45, 2.75) is 13.8 Å². The van der Waals surface area contributed by atoms with E-state index in [2.05, 4.69) is 14.9 Å². The number of rotatable bonds is 6. The Bertz CT molecular complexity index is 1390. The summed E-state index contributed by atoms with van der Waals surface area (Å²) in [4.78, 5) is 0. The maximum Gasteiger partial charge on any atom is 0.232 e. The predicted octanol–water partition coefficient (Wildman–Crippen LogP) is 4.54. The minimum atomic E-state index is -3.50. The first kappa shape index (κ1) is 20.7. The van der Waals surface area contributed by atoms with Crippen molar-refractivity contribution in [3.05, 3.63) is 72.2 Å². The van der Waals surface area contributed by atoms with E-state index in [9.17, 15) is 17.2 Å². The summed E-state index contributed by atoms with van der Waals surface area (Å²) in [7, 11) is -3.50. The maximum atomic E-state index is 14.2. The lowest BCUT2D eigenvalue weighted by molar-refractivity contribution is 0.439. The Hall–Kier alpha value is -3.53. The summed E-state index contributed by atoms with van der Waals surface area (Å²) < 4.78 is 61.4. The van der Waals surface area contributed by atoms with Gasteiger partial charge in [-0.3, -0.25) is 9.12 Å². The van der Waals surface area contributed by atoms with Gasteiger partial charge in [-0.05, 0) is 56.3 Å². The average Bonchev–Trinajstić information content (AvgIpc) is 3.11. The number of hydrogen-bond donors (Lipinski definition) is 1. The summed E-state index contributed by atoms with van der Waals surface area (Å²) in [6.07, 6.45) is 1.77. The first-order valence-corrected chi connectivity index (χ1v) is 11.0. The van der Waals surface area contributed by atoms with Crippen molar-refractivity contribution in [1.29, 1.82) is 0 Å². The molecule has 0 amide bonds. The van der Waals surface area contributed by atoms with E-state index in [0.29, 0.717) is 28.3 Å². The Balaban J connectivity index is 1.84. The van der Waals surface area contributed by atoms with E-state index in [1.54, 1.807) is 35.7 Å². The Morgan fingerprint density at radius 1 is 1.03 bits per heavy atom. The number of fused-ring (bicyclic) bond motifs is 1. The van der Waals surface area contributed by atoms with Crippen molar-refractivity contribution < 1.29 is 21.9 Å². The zero-order chi connectivity index (χ0) is 22.2. The molecule has 0 spiro atoms. The van der Waals surface area contributed by atoms with Gasteiger partial charge in [-0.2, -0.15) is 0 Å². The molecule has 10 heteroatoms. The van der Waals surface area contributed by atoms with E-state index in [1.807, 2.05) is 0 Å². The Morgan fingerprint density at radius 2 is 1.81 bits per heavy atom. The quantitative estimate of drug-likeness (QED) is 0.472. The Kier molecular flexibility index (Phi) is 5.32. The summed E-state index contributed by atoms with van der Waals surface area (Å²) in [5.41, 5.74) is 2.11. The minimum Gasteiger partial charge on any atom is -0.454 e. The molecule has 0 atom stereocenters. The molecular formula is C21H18F2N4O3S. The van der Waals surface area contributed by atoms with Crippen LogP contribution in [-0.2, 0) is 10.0 Å². The fraction of sp³-hybridized carbons (Fsp3) is 0.143. The van der Waals surface area contributed by atoms with Gasteiger partial charge in [0, 0.05) is 29.1 Å². The Labute approximate surface area is 177 Å². The molecule has 0 aliphatic carbocycles. The van der Waals surface area contributed by atoms with Gasteiger partial charge in [0.05, 0.1) is 5.75 Å². The van der Waals surface area contributed by atoms with Crippen LogP contribution >= 0.6 is 0 Å². The van der Waals surface area contributed by atoms with Gasteiger partial charge in [-0.25, -0.2) is 17.2 Å². The second-order valence-electron chi connectivity index (χ2n) is 6.79. The summed E-state index contributed by atoms with van der Waals surface area (Å²) in [5.74, 6) is -0.907. The lowest BCUT2D eigenvalue weighted by atomic mass is 10.1. The molecule has 0 radical (unpaired) electrons. The monoisotopic (exact) mass is 444 g/mol. The molecule has 4 rings (SSSR count). The number of pyridine rings is 1. The lowest BCUT2D eigenvalue weighted by Gasteiger charge is -2.15. The third-order valence-corrected chi connectivity index (χ3v) is 5.94. The minimum absolute atomic E-state index is 0.0900. The van der Waals surface area contributed by atoms with E-state index in [-0.39, 0.29) is 17.3 Å². The summed E-state index contributed by atoms with van der Waals surface area (Å²) in [6, 6.07) is 11.1. The van der Waals surface area contributed by atoms with E-state index in [1.165, 1.54) is 25.1 Å². The molecule has 0 bridgehead atoms. The molecule has 0 saturated heterocycles.